The van der Waals surface area contributed by atoms with E-state index in [2.05, 4.69) is 13.2 Å². The molecule has 0 aromatic rings. The van der Waals surface area contributed by atoms with Crippen LogP contribution in [0.4, 0.5) is 0 Å². The van der Waals surface area contributed by atoms with Gasteiger partial charge in [0.25, 0.3) is 0 Å². The first-order chi connectivity index (χ1) is 6.35. The van der Waals surface area contributed by atoms with Crippen molar-refractivity contribution in [1.29, 1.82) is 0 Å². The Morgan fingerprint density at radius 3 is 2.31 bits per heavy atom. The Bertz CT molecular complexity index is 189. The third-order valence-corrected chi connectivity index (χ3v) is 1.81. The Labute approximate surface area is 80.8 Å². The molecule has 0 aliphatic carbocycles. The molecule has 0 aromatic carbocycles. The van der Waals surface area contributed by atoms with E-state index in [1.165, 1.54) is 0 Å². The van der Waals surface area contributed by atoms with Crippen LogP contribution in [0.15, 0.2) is 37.0 Å². The van der Waals surface area contributed by atoms with Gasteiger partial charge in [0.15, 0.2) is 0 Å². The first-order valence-corrected chi connectivity index (χ1v) is 4.71. The van der Waals surface area contributed by atoms with Crippen molar-refractivity contribution in [1.82, 2.24) is 0 Å². The van der Waals surface area contributed by atoms with Crippen molar-refractivity contribution in [3.63, 3.8) is 0 Å². The van der Waals surface area contributed by atoms with Gasteiger partial charge in [-0.1, -0.05) is 18.2 Å². The summed E-state index contributed by atoms with van der Waals surface area (Å²) in [6, 6.07) is 0. The summed E-state index contributed by atoms with van der Waals surface area (Å²) in [5.74, 6) is 0. The zero-order valence-corrected chi connectivity index (χ0v) is 8.17. The van der Waals surface area contributed by atoms with Crippen LogP contribution in [0, 0.1) is 0 Å². The Hall–Kier alpha value is -1.11. The Kier molecular flexibility index (Phi) is 8.21. The van der Waals surface area contributed by atoms with Gasteiger partial charge in [0.05, 0.1) is 0 Å². The summed E-state index contributed by atoms with van der Waals surface area (Å²) in [6.45, 7) is 7.26. The minimum atomic E-state index is 0.821. The van der Waals surface area contributed by atoms with Gasteiger partial charge in [-0.3, -0.25) is 4.79 Å². The van der Waals surface area contributed by atoms with Gasteiger partial charge >= 0.3 is 0 Å². The highest BCUT2D eigenvalue weighted by Crippen LogP contribution is 2.06. The second-order valence-corrected chi connectivity index (χ2v) is 2.94. The summed E-state index contributed by atoms with van der Waals surface area (Å²) in [5.41, 5.74) is 0.893. The van der Waals surface area contributed by atoms with Gasteiger partial charge in [-0.25, -0.2) is 0 Å². The maximum absolute atomic E-state index is 10.6. The van der Waals surface area contributed by atoms with Gasteiger partial charge in [-0.2, -0.15) is 0 Å². The number of aldehydes is 1. The largest absolute Gasteiger partial charge is 0.298 e. The first kappa shape index (κ1) is 11.9. The molecule has 0 heterocycles. The third-order valence-electron chi connectivity index (χ3n) is 1.81. The molecule has 72 valence electrons. The van der Waals surface area contributed by atoms with Crippen LogP contribution < -0.4 is 0 Å². The fourth-order valence-electron chi connectivity index (χ4n) is 1.03. The van der Waals surface area contributed by atoms with E-state index in [1.807, 2.05) is 18.2 Å². The lowest BCUT2D eigenvalue weighted by atomic mass is 10.1. The molecule has 1 nitrogen and oxygen atoms in total. The van der Waals surface area contributed by atoms with E-state index in [1.54, 1.807) is 0 Å². The van der Waals surface area contributed by atoms with Crippen molar-refractivity contribution >= 4 is 6.29 Å². The monoisotopic (exact) mass is 178 g/mol. The molecule has 1 heteroatoms. The van der Waals surface area contributed by atoms with Gasteiger partial charge < -0.3 is 0 Å². The Morgan fingerprint density at radius 1 is 1.08 bits per heavy atom. The van der Waals surface area contributed by atoms with E-state index in [0.717, 1.165) is 44.0 Å². The third kappa shape index (κ3) is 7.26. The maximum atomic E-state index is 10.6. The van der Waals surface area contributed by atoms with E-state index in [0.29, 0.717) is 0 Å². The van der Waals surface area contributed by atoms with Crippen molar-refractivity contribution in [2.75, 3.05) is 0 Å². The summed E-state index contributed by atoms with van der Waals surface area (Å²) >= 11 is 0. The van der Waals surface area contributed by atoms with Crippen molar-refractivity contribution in [2.45, 2.75) is 32.1 Å². The predicted octanol–water partition coefficient (Wildman–Crippen LogP) is 3.43. The SMILES string of the molecule is C=CCCCC=C(C=O)CCC=C. The highest BCUT2D eigenvalue weighted by molar-refractivity contribution is 5.72. The van der Waals surface area contributed by atoms with E-state index >= 15 is 0 Å². The van der Waals surface area contributed by atoms with E-state index < -0.39 is 0 Å². The number of unbranched alkanes of at least 4 members (excludes halogenated alkanes) is 2. The number of hydrogen-bond acceptors (Lipinski definition) is 1. The van der Waals surface area contributed by atoms with Crippen LogP contribution in [0.25, 0.3) is 0 Å². The number of carbonyl (C=O) groups excluding carboxylic acids is 1. The molecule has 13 heavy (non-hydrogen) atoms. The molecule has 0 aliphatic rings. The number of rotatable bonds is 8. The number of carbonyl (C=O) groups is 1. The molecule has 0 spiro atoms. The van der Waals surface area contributed by atoms with Crippen LogP contribution in [0.2, 0.25) is 0 Å². The second kappa shape index (κ2) is 8.98. The zero-order chi connectivity index (χ0) is 9.94. The number of hydrogen-bond donors (Lipinski definition) is 0. The fraction of sp³-hybridized carbons (Fsp3) is 0.417. The molecule has 0 saturated heterocycles. The summed E-state index contributed by atoms with van der Waals surface area (Å²) in [4.78, 5) is 10.6. The average Bonchev–Trinajstić information content (AvgIpc) is 2.17. The van der Waals surface area contributed by atoms with Gasteiger partial charge in [0, 0.05) is 0 Å². The lowest BCUT2D eigenvalue weighted by molar-refractivity contribution is -0.105. The van der Waals surface area contributed by atoms with Crippen molar-refractivity contribution in [3.8, 4) is 0 Å². The smallest absolute Gasteiger partial charge is 0.145 e. The van der Waals surface area contributed by atoms with Crippen molar-refractivity contribution in [2.24, 2.45) is 0 Å². The highest BCUT2D eigenvalue weighted by atomic mass is 16.1. The molecule has 0 bridgehead atoms. The second-order valence-electron chi connectivity index (χ2n) is 2.94. The van der Waals surface area contributed by atoms with Gasteiger partial charge in [-0.15, -0.1) is 13.2 Å². The molecular formula is C12H18O. The van der Waals surface area contributed by atoms with Crippen molar-refractivity contribution < 1.29 is 4.79 Å². The van der Waals surface area contributed by atoms with E-state index in [-0.39, 0.29) is 0 Å². The molecule has 0 atom stereocenters. The molecular weight excluding hydrogens is 160 g/mol. The molecule has 0 radical (unpaired) electrons. The highest BCUT2D eigenvalue weighted by Gasteiger charge is 1.92. The normalized spacial score (nSPS) is 10.9. The quantitative estimate of drug-likeness (QED) is 0.241. The van der Waals surface area contributed by atoms with Gasteiger partial charge in [0.2, 0.25) is 0 Å². The predicted molar refractivity (Wildman–Crippen MR) is 57.6 cm³/mol. The van der Waals surface area contributed by atoms with Crippen LogP contribution in [0.1, 0.15) is 32.1 Å². The Morgan fingerprint density at radius 2 is 1.77 bits per heavy atom. The molecule has 0 amide bonds. The summed E-state index contributed by atoms with van der Waals surface area (Å²) < 4.78 is 0. The first-order valence-electron chi connectivity index (χ1n) is 4.71. The van der Waals surface area contributed by atoms with E-state index in [4.69, 9.17) is 0 Å². The minimum Gasteiger partial charge on any atom is -0.298 e. The standard InChI is InChI=1S/C12H18O/c1-3-5-7-8-10-12(11-13)9-6-4-2/h3-4,10-11H,1-2,5-9H2. The topological polar surface area (TPSA) is 17.1 Å². The van der Waals surface area contributed by atoms with Crippen LogP contribution in [-0.2, 0) is 4.79 Å². The molecule has 0 aliphatic heterocycles. The van der Waals surface area contributed by atoms with Crippen LogP contribution in [-0.4, -0.2) is 6.29 Å². The van der Waals surface area contributed by atoms with Crippen LogP contribution in [0.3, 0.4) is 0 Å². The van der Waals surface area contributed by atoms with Gasteiger partial charge in [-0.05, 0) is 37.7 Å². The molecule has 0 saturated carbocycles. The molecule has 0 unspecified atom stereocenters. The fourth-order valence-corrected chi connectivity index (χ4v) is 1.03. The van der Waals surface area contributed by atoms with E-state index in [9.17, 15) is 4.79 Å². The average molecular weight is 178 g/mol. The zero-order valence-electron chi connectivity index (χ0n) is 8.17. The molecule has 0 rings (SSSR count). The summed E-state index contributed by atoms with van der Waals surface area (Å²) in [5, 5.41) is 0. The van der Waals surface area contributed by atoms with Gasteiger partial charge in [0.1, 0.15) is 6.29 Å². The lowest BCUT2D eigenvalue weighted by Crippen LogP contribution is -1.84. The molecule has 0 fully saturated rings. The lowest BCUT2D eigenvalue weighted by Gasteiger charge is -1.96. The van der Waals surface area contributed by atoms with Crippen LogP contribution in [0.5, 0.6) is 0 Å². The summed E-state index contributed by atoms with van der Waals surface area (Å²) in [7, 11) is 0. The maximum Gasteiger partial charge on any atom is 0.145 e. The van der Waals surface area contributed by atoms with Crippen LogP contribution >= 0.6 is 0 Å². The molecule has 0 aromatic heterocycles. The molecule has 0 N–H and O–H groups in total. The number of allylic oxidation sites excluding steroid dienone is 4. The Balaban J connectivity index is 3.70. The minimum absolute atomic E-state index is 0.821. The van der Waals surface area contributed by atoms with Crippen molar-refractivity contribution in [3.05, 3.63) is 37.0 Å². The summed E-state index contributed by atoms with van der Waals surface area (Å²) in [6.07, 6.45) is 11.5.